The highest BCUT2D eigenvalue weighted by Crippen LogP contribution is 2.37. The fraction of sp³-hybridized carbons (Fsp3) is 0.381. The van der Waals surface area contributed by atoms with Gasteiger partial charge in [-0.2, -0.15) is 0 Å². The van der Waals surface area contributed by atoms with E-state index >= 15 is 0 Å². The van der Waals surface area contributed by atoms with Crippen LogP contribution in [0.1, 0.15) is 15.9 Å². The molecule has 0 spiro atoms. The van der Waals surface area contributed by atoms with Crippen LogP contribution in [0.3, 0.4) is 0 Å². The number of ether oxygens (including phenoxy) is 3. The van der Waals surface area contributed by atoms with Crippen molar-refractivity contribution in [2.24, 2.45) is 0 Å². The Balaban J connectivity index is 2.14. The average molecular weight is 435 g/mol. The minimum Gasteiger partial charge on any atom is -0.493 e. The molecule has 1 aliphatic heterocycles. The summed E-state index contributed by atoms with van der Waals surface area (Å²) >= 11 is 0. The van der Waals surface area contributed by atoms with Gasteiger partial charge >= 0.3 is 0 Å². The van der Waals surface area contributed by atoms with Gasteiger partial charge in [0.05, 0.1) is 51.5 Å². The van der Waals surface area contributed by atoms with Crippen molar-refractivity contribution in [3.05, 3.63) is 53.6 Å². The van der Waals surface area contributed by atoms with Crippen LogP contribution in [-0.4, -0.2) is 66.0 Å². The van der Waals surface area contributed by atoms with Gasteiger partial charge in [0.15, 0.2) is 11.5 Å². The summed E-state index contributed by atoms with van der Waals surface area (Å²) in [5, 5.41) is 0. The van der Waals surface area contributed by atoms with Crippen LogP contribution in [0.5, 0.6) is 11.5 Å². The highest BCUT2D eigenvalue weighted by Gasteiger charge is 2.29. The average Bonchev–Trinajstić information content (AvgIpc) is 2.76. The molecule has 0 radical (unpaired) electrons. The molecular formula is C21H26N2O6S. The minimum absolute atomic E-state index is 0.0819. The lowest BCUT2D eigenvalue weighted by Crippen LogP contribution is -2.41. The number of amides is 1. The molecule has 0 N–H and O–H groups in total. The van der Waals surface area contributed by atoms with Crippen LogP contribution < -0.4 is 13.8 Å². The van der Waals surface area contributed by atoms with Gasteiger partial charge in [0.25, 0.3) is 5.91 Å². The van der Waals surface area contributed by atoms with Gasteiger partial charge in [-0.3, -0.25) is 9.10 Å². The zero-order chi connectivity index (χ0) is 21.7. The Morgan fingerprint density at radius 1 is 1.07 bits per heavy atom. The van der Waals surface area contributed by atoms with E-state index in [2.05, 4.69) is 0 Å². The van der Waals surface area contributed by atoms with Crippen molar-refractivity contribution >= 4 is 21.6 Å². The number of rotatable bonds is 7. The third kappa shape index (κ3) is 4.85. The van der Waals surface area contributed by atoms with Crippen LogP contribution in [0.15, 0.2) is 42.5 Å². The SMILES string of the molecule is COc1cc(C(=O)N2CCOCC2)c(N(Cc2ccccc2)S(C)(=O)=O)cc1OC. The molecule has 0 saturated carbocycles. The van der Waals surface area contributed by atoms with E-state index < -0.39 is 10.0 Å². The highest BCUT2D eigenvalue weighted by atomic mass is 32.2. The summed E-state index contributed by atoms with van der Waals surface area (Å²) < 4.78 is 42.8. The lowest BCUT2D eigenvalue weighted by molar-refractivity contribution is 0.0303. The largest absolute Gasteiger partial charge is 0.493 e. The monoisotopic (exact) mass is 434 g/mol. The fourth-order valence-electron chi connectivity index (χ4n) is 3.31. The molecule has 3 rings (SSSR count). The number of morpholine rings is 1. The number of carbonyl (C=O) groups is 1. The van der Waals surface area contributed by atoms with Crippen molar-refractivity contribution in [1.29, 1.82) is 0 Å². The number of benzene rings is 2. The van der Waals surface area contributed by atoms with E-state index in [1.54, 1.807) is 4.90 Å². The first-order chi connectivity index (χ1) is 14.3. The van der Waals surface area contributed by atoms with Crippen molar-refractivity contribution < 1.29 is 27.4 Å². The molecule has 0 atom stereocenters. The van der Waals surface area contributed by atoms with Crippen molar-refractivity contribution in [3.63, 3.8) is 0 Å². The van der Waals surface area contributed by atoms with E-state index in [0.29, 0.717) is 37.8 Å². The maximum absolute atomic E-state index is 13.3. The maximum atomic E-state index is 13.3. The Morgan fingerprint density at radius 2 is 1.67 bits per heavy atom. The predicted octanol–water partition coefficient (Wildman–Crippen LogP) is 2.14. The number of nitrogens with zero attached hydrogens (tertiary/aromatic N) is 2. The first-order valence-electron chi connectivity index (χ1n) is 9.50. The Bertz CT molecular complexity index is 988. The molecule has 2 aromatic carbocycles. The number of anilines is 1. The molecule has 1 heterocycles. The van der Waals surface area contributed by atoms with Crippen molar-refractivity contribution in [2.45, 2.75) is 6.54 Å². The molecule has 9 heteroatoms. The second-order valence-corrected chi connectivity index (χ2v) is 8.79. The van der Waals surface area contributed by atoms with E-state index in [1.165, 1.54) is 30.7 Å². The maximum Gasteiger partial charge on any atom is 0.256 e. The zero-order valence-corrected chi connectivity index (χ0v) is 18.1. The molecule has 1 amide bonds. The van der Waals surface area contributed by atoms with E-state index in [1.807, 2.05) is 30.3 Å². The Labute approximate surface area is 177 Å². The van der Waals surface area contributed by atoms with Gasteiger partial charge in [-0.1, -0.05) is 30.3 Å². The summed E-state index contributed by atoms with van der Waals surface area (Å²) in [5.74, 6) is 0.412. The second kappa shape index (κ2) is 9.36. The Morgan fingerprint density at radius 3 is 2.23 bits per heavy atom. The molecule has 2 aromatic rings. The van der Waals surface area contributed by atoms with Crippen molar-refractivity contribution in [2.75, 3.05) is 51.1 Å². The topological polar surface area (TPSA) is 85.4 Å². The number of sulfonamides is 1. The summed E-state index contributed by atoms with van der Waals surface area (Å²) in [7, 11) is -0.770. The summed E-state index contributed by atoms with van der Waals surface area (Å²) in [6.07, 6.45) is 1.12. The zero-order valence-electron chi connectivity index (χ0n) is 17.3. The second-order valence-electron chi connectivity index (χ2n) is 6.88. The fourth-order valence-corrected chi connectivity index (χ4v) is 4.20. The number of hydrogen-bond acceptors (Lipinski definition) is 6. The molecule has 1 fully saturated rings. The summed E-state index contributed by atoms with van der Waals surface area (Å²) in [6, 6.07) is 12.3. The van der Waals surface area contributed by atoms with Crippen molar-refractivity contribution in [1.82, 2.24) is 4.90 Å². The quantitative estimate of drug-likeness (QED) is 0.664. The molecule has 0 bridgehead atoms. The standard InChI is InChI=1S/C21H26N2O6S/c1-27-19-13-17(21(24)22-9-11-29-12-10-22)18(14-20(19)28-2)23(30(3,25)26)15-16-7-5-4-6-8-16/h4-8,13-14H,9-12,15H2,1-3H3. The summed E-state index contributed by atoms with van der Waals surface area (Å²) in [5.41, 5.74) is 1.27. The third-order valence-corrected chi connectivity index (χ3v) is 6.00. The highest BCUT2D eigenvalue weighted by molar-refractivity contribution is 7.92. The predicted molar refractivity (Wildman–Crippen MR) is 114 cm³/mol. The van der Waals surface area contributed by atoms with Gasteiger partial charge in [0, 0.05) is 19.2 Å². The van der Waals surface area contributed by atoms with E-state index in [9.17, 15) is 13.2 Å². The van der Waals surface area contributed by atoms with Crippen LogP contribution in [0.2, 0.25) is 0 Å². The Hall–Kier alpha value is -2.78. The first kappa shape index (κ1) is 21.9. The third-order valence-electron chi connectivity index (χ3n) is 4.87. The molecule has 0 aliphatic carbocycles. The van der Waals surface area contributed by atoms with E-state index in [0.717, 1.165) is 11.8 Å². The molecule has 30 heavy (non-hydrogen) atoms. The van der Waals surface area contributed by atoms with Crippen molar-refractivity contribution in [3.8, 4) is 11.5 Å². The van der Waals surface area contributed by atoms with Crippen LogP contribution in [0.25, 0.3) is 0 Å². The first-order valence-corrected chi connectivity index (χ1v) is 11.3. The van der Waals surface area contributed by atoms with E-state index in [4.69, 9.17) is 14.2 Å². The summed E-state index contributed by atoms with van der Waals surface area (Å²) in [4.78, 5) is 15.0. The van der Waals surface area contributed by atoms with Gasteiger partial charge in [0.1, 0.15) is 0 Å². The van der Waals surface area contributed by atoms with E-state index in [-0.39, 0.29) is 23.7 Å². The normalized spacial score (nSPS) is 14.3. The van der Waals surface area contributed by atoms with Crippen LogP contribution in [0.4, 0.5) is 5.69 Å². The molecular weight excluding hydrogens is 408 g/mol. The molecule has 0 aromatic heterocycles. The lowest BCUT2D eigenvalue weighted by Gasteiger charge is -2.30. The van der Waals surface area contributed by atoms with Gasteiger partial charge in [-0.25, -0.2) is 8.42 Å². The van der Waals surface area contributed by atoms with Crippen LogP contribution >= 0.6 is 0 Å². The van der Waals surface area contributed by atoms with Crippen LogP contribution in [-0.2, 0) is 21.3 Å². The number of carbonyl (C=O) groups excluding carboxylic acids is 1. The lowest BCUT2D eigenvalue weighted by atomic mass is 10.1. The molecule has 0 unspecified atom stereocenters. The molecule has 1 saturated heterocycles. The number of methoxy groups -OCH3 is 2. The Kier molecular flexibility index (Phi) is 6.84. The number of hydrogen-bond donors (Lipinski definition) is 0. The smallest absolute Gasteiger partial charge is 0.256 e. The van der Waals surface area contributed by atoms with Gasteiger partial charge in [-0.05, 0) is 11.6 Å². The molecule has 1 aliphatic rings. The minimum atomic E-state index is -3.71. The van der Waals surface area contributed by atoms with Gasteiger partial charge < -0.3 is 19.1 Å². The van der Waals surface area contributed by atoms with Gasteiger partial charge in [-0.15, -0.1) is 0 Å². The van der Waals surface area contributed by atoms with Crippen LogP contribution in [0, 0.1) is 0 Å². The molecule has 8 nitrogen and oxygen atoms in total. The summed E-state index contributed by atoms with van der Waals surface area (Å²) in [6.45, 7) is 1.83. The molecule has 162 valence electrons. The van der Waals surface area contributed by atoms with Gasteiger partial charge in [0.2, 0.25) is 10.0 Å².